The highest BCUT2D eigenvalue weighted by Gasteiger charge is 2.32. The first kappa shape index (κ1) is 13.3. The minimum atomic E-state index is -3.01. The van der Waals surface area contributed by atoms with Gasteiger partial charge in [0.05, 0.1) is 17.4 Å². The minimum absolute atomic E-state index is 0.0347. The summed E-state index contributed by atoms with van der Waals surface area (Å²) >= 11 is 0. The third-order valence-corrected chi connectivity index (χ3v) is 5.08. The van der Waals surface area contributed by atoms with Gasteiger partial charge in [-0.2, -0.15) is 0 Å². The summed E-state index contributed by atoms with van der Waals surface area (Å²) in [7, 11) is -3.01. The zero-order valence-electron chi connectivity index (χ0n) is 10.3. The second-order valence-corrected chi connectivity index (χ2v) is 7.08. The van der Waals surface area contributed by atoms with E-state index in [1.807, 2.05) is 0 Å². The molecule has 2 rings (SSSR count). The van der Waals surface area contributed by atoms with Crippen LogP contribution in [-0.4, -0.2) is 38.2 Å². The van der Waals surface area contributed by atoms with Crippen LogP contribution in [0.5, 0.6) is 0 Å². The van der Waals surface area contributed by atoms with Crippen LogP contribution in [-0.2, 0) is 14.6 Å². The van der Waals surface area contributed by atoms with Gasteiger partial charge in [-0.15, -0.1) is 0 Å². The third-order valence-electron chi connectivity index (χ3n) is 3.31. The topological polar surface area (TPSA) is 87.6 Å². The van der Waals surface area contributed by atoms with Gasteiger partial charge in [0, 0.05) is 13.0 Å². The fourth-order valence-corrected chi connectivity index (χ4v) is 3.96. The zero-order valence-corrected chi connectivity index (χ0v) is 11.1. The van der Waals surface area contributed by atoms with E-state index in [2.05, 4.69) is 15.8 Å². The van der Waals surface area contributed by atoms with Gasteiger partial charge in [-0.05, 0) is 19.3 Å². The number of nitrogens with zero attached hydrogens (tertiary/aromatic N) is 1. The van der Waals surface area contributed by atoms with E-state index in [4.69, 9.17) is 0 Å². The zero-order chi connectivity index (χ0) is 13.0. The maximum atomic E-state index is 11.8. The van der Waals surface area contributed by atoms with Crippen molar-refractivity contribution < 1.29 is 13.2 Å². The van der Waals surface area contributed by atoms with Crippen molar-refractivity contribution in [1.29, 1.82) is 0 Å². The van der Waals surface area contributed by atoms with E-state index in [1.165, 1.54) is 0 Å². The number of nitrogens with one attached hydrogen (secondary N) is 2. The van der Waals surface area contributed by atoms with Crippen LogP contribution in [0, 0.1) is 5.92 Å². The fraction of sp³-hybridized carbons (Fsp3) is 0.818. The van der Waals surface area contributed by atoms with Gasteiger partial charge >= 0.3 is 0 Å². The van der Waals surface area contributed by atoms with E-state index >= 15 is 0 Å². The molecule has 0 bridgehead atoms. The summed E-state index contributed by atoms with van der Waals surface area (Å²) in [6.07, 6.45) is 4.56. The summed E-state index contributed by atoms with van der Waals surface area (Å²) in [6.45, 7) is 0.788. The average Bonchev–Trinajstić information content (AvgIpc) is 2.55. The number of aliphatic imine (C=N–C) groups is 1. The third kappa shape index (κ3) is 3.69. The number of hydrazine groups is 1. The number of hydrogen-bond donors (Lipinski definition) is 2. The number of amidine groups is 1. The average molecular weight is 273 g/mol. The second-order valence-electron chi connectivity index (χ2n) is 4.85. The molecule has 1 saturated heterocycles. The molecule has 0 aromatic heterocycles. The Balaban J connectivity index is 1.80. The number of amides is 1. The molecular weight excluding hydrogens is 254 g/mol. The van der Waals surface area contributed by atoms with Gasteiger partial charge in [0.25, 0.3) is 0 Å². The first-order valence-corrected chi connectivity index (χ1v) is 8.18. The summed E-state index contributed by atoms with van der Waals surface area (Å²) < 4.78 is 22.5. The van der Waals surface area contributed by atoms with Crippen molar-refractivity contribution in [3.63, 3.8) is 0 Å². The molecule has 0 aromatic carbocycles. The molecule has 1 atom stereocenters. The molecule has 0 radical (unpaired) electrons. The van der Waals surface area contributed by atoms with Crippen molar-refractivity contribution in [2.45, 2.75) is 32.1 Å². The van der Waals surface area contributed by atoms with E-state index in [1.54, 1.807) is 0 Å². The Morgan fingerprint density at radius 1 is 1.28 bits per heavy atom. The van der Waals surface area contributed by atoms with Crippen molar-refractivity contribution >= 4 is 21.6 Å². The maximum Gasteiger partial charge on any atom is 0.242 e. The van der Waals surface area contributed by atoms with Crippen LogP contribution in [0.25, 0.3) is 0 Å². The van der Waals surface area contributed by atoms with Crippen LogP contribution in [0.2, 0.25) is 0 Å². The Kier molecular flexibility index (Phi) is 4.21. The van der Waals surface area contributed by atoms with Crippen molar-refractivity contribution in [2.75, 3.05) is 18.1 Å². The monoisotopic (exact) mass is 273 g/mol. The molecule has 2 N–H and O–H groups in total. The smallest absolute Gasteiger partial charge is 0.242 e. The summed E-state index contributed by atoms with van der Waals surface area (Å²) in [5, 5.41) is 0. The van der Waals surface area contributed by atoms with Crippen LogP contribution < -0.4 is 10.9 Å². The molecule has 2 aliphatic heterocycles. The van der Waals surface area contributed by atoms with Crippen LogP contribution >= 0.6 is 0 Å². The number of hydrogen-bond acceptors (Lipinski definition) is 5. The SMILES string of the molecule is O=C(NNC1=NCCCCC1)C1CCS(=O)(=O)C1. The van der Waals surface area contributed by atoms with Crippen molar-refractivity contribution in [2.24, 2.45) is 10.9 Å². The van der Waals surface area contributed by atoms with Crippen LogP contribution in [0.3, 0.4) is 0 Å². The first-order chi connectivity index (χ1) is 8.57. The Bertz CT molecular complexity index is 444. The highest BCUT2D eigenvalue weighted by atomic mass is 32.2. The van der Waals surface area contributed by atoms with E-state index in [0.29, 0.717) is 6.42 Å². The summed E-state index contributed by atoms with van der Waals surface area (Å²) in [6, 6.07) is 0. The number of sulfone groups is 1. The van der Waals surface area contributed by atoms with E-state index in [9.17, 15) is 13.2 Å². The molecule has 0 aliphatic carbocycles. The van der Waals surface area contributed by atoms with Gasteiger partial charge < -0.3 is 0 Å². The van der Waals surface area contributed by atoms with Crippen molar-refractivity contribution in [1.82, 2.24) is 10.9 Å². The van der Waals surface area contributed by atoms with E-state index < -0.39 is 15.8 Å². The minimum Gasteiger partial charge on any atom is -0.286 e. The molecule has 102 valence electrons. The lowest BCUT2D eigenvalue weighted by Gasteiger charge is -2.12. The highest BCUT2D eigenvalue weighted by Crippen LogP contribution is 2.18. The van der Waals surface area contributed by atoms with E-state index in [0.717, 1.165) is 38.1 Å². The molecule has 2 heterocycles. The fourth-order valence-electron chi connectivity index (χ4n) is 2.21. The predicted molar refractivity (Wildman–Crippen MR) is 68.8 cm³/mol. The maximum absolute atomic E-state index is 11.8. The number of carbonyl (C=O) groups is 1. The Labute approximate surface area is 107 Å². The molecule has 0 spiro atoms. The molecule has 0 saturated carbocycles. The molecule has 7 heteroatoms. The van der Waals surface area contributed by atoms with Crippen LogP contribution in [0.1, 0.15) is 32.1 Å². The number of rotatable bonds is 1. The van der Waals surface area contributed by atoms with Gasteiger partial charge in [-0.3, -0.25) is 20.6 Å². The Morgan fingerprint density at radius 2 is 2.11 bits per heavy atom. The Hall–Kier alpha value is -1.11. The standard InChI is InChI=1S/C11H19N3O3S/c15-11(9-5-7-18(16,17)8-9)14-13-10-4-2-1-3-6-12-10/h9H,1-8H2,(H,12,13)(H,14,15). The largest absolute Gasteiger partial charge is 0.286 e. The second kappa shape index (κ2) is 5.69. The van der Waals surface area contributed by atoms with E-state index in [-0.39, 0.29) is 17.4 Å². The molecule has 18 heavy (non-hydrogen) atoms. The van der Waals surface area contributed by atoms with Gasteiger partial charge in [0.1, 0.15) is 5.84 Å². The summed E-state index contributed by atoms with van der Waals surface area (Å²) in [5.74, 6) is 0.206. The van der Waals surface area contributed by atoms with Gasteiger partial charge in [-0.1, -0.05) is 6.42 Å². The van der Waals surface area contributed by atoms with Crippen LogP contribution in [0.4, 0.5) is 0 Å². The molecule has 1 amide bonds. The quantitative estimate of drug-likeness (QED) is 0.659. The lowest BCUT2D eigenvalue weighted by Crippen LogP contribution is -2.44. The lowest BCUT2D eigenvalue weighted by molar-refractivity contribution is -0.124. The Morgan fingerprint density at radius 3 is 2.83 bits per heavy atom. The lowest BCUT2D eigenvalue weighted by atomic mass is 10.1. The van der Waals surface area contributed by atoms with Gasteiger partial charge in [0.2, 0.25) is 5.91 Å². The van der Waals surface area contributed by atoms with Gasteiger partial charge in [0.15, 0.2) is 9.84 Å². The molecule has 0 aromatic rings. The molecule has 1 fully saturated rings. The molecule has 2 aliphatic rings. The van der Waals surface area contributed by atoms with Gasteiger partial charge in [-0.25, -0.2) is 8.42 Å². The molecule has 6 nitrogen and oxygen atoms in total. The molecule has 1 unspecified atom stereocenters. The molecular formula is C11H19N3O3S. The van der Waals surface area contributed by atoms with Crippen LogP contribution in [0.15, 0.2) is 4.99 Å². The summed E-state index contributed by atoms with van der Waals surface area (Å²) in [5.41, 5.74) is 5.40. The first-order valence-electron chi connectivity index (χ1n) is 6.36. The number of carbonyl (C=O) groups excluding carboxylic acids is 1. The predicted octanol–water partition coefficient (Wildman–Crippen LogP) is 0.0144. The van der Waals surface area contributed by atoms with Crippen molar-refractivity contribution in [3.8, 4) is 0 Å². The van der Waals surface area contributed by atoms with Crippen molar-refractivity contribution in [3.05, 3.63) is 0 Å². The summed E-state index contributed by atoms with van der Waals surface area (Å²) in [4.78, 5) is 16.1. The normalized spacial score (nSPS) is 27.1. The highest BCUT2D eigenvalue weighted by molar-refractivity contribution is 7.91.